The molecular weight excluding hydrogens is 392 g/mol. The zero-order valence-corrected chi connectivity index (χ0v) is 18.3. The lowest BCUT2D eigenvalue weighted by Crippen LogP contribution is -2.29. The van der Waals surface area contributed by atoms with E-state index in [2.05, 4.69) is 6.92 Å². The van der Waals surface area contributed by atoms with Gasteiger partial charge < -0.3 is 9.53 Å². The predicted octanol–water partition coefficient (Wildman–Crippen LogP) is 4.22. The molecule has 0 N–H and O–H groups in total. The van der Waals surface area contributed by atoms with Crippen molar-refractivity contribution < 1.29 is 9.53 Å². The molecule has 1 fully saturated rings. The van der Waals surface area contributed by atoms with Crippen LogP contribution in [0.25, 0.3) is 10.2 Å². The van der Waals surface area contributed by atoms with Gasteiger partial charge in [0, 0.05) is 23.7 Å². The number of carbonyl (C=O) groups excluding carboxylic acids is 1. The Labute approximate surface area is 173 Å². The lowest BCUT2D eigenvalue weighted by molar-refractivity contribution is -0.117. The second kappa shape index (κ2) is 8.67. The standard InChI is InChI=1S/C21H28N2O3S2/c1-13-7-8-16-17(11-13)28-19-18(16)20(25)23(12-15-6-3-9-26-15)21(22-19)27-10-4-5-14(2)24/h13,15H,3-12H2,1-2H3. The third kappa shape index (κ3) is 4.21. The number of thiophene rings is 1. The maximum Gasteiger partial charge on any atom is 0.263 e. The smallest absolute Gasteiger partial charge is 0.263 e. The molecule has 1 aliphatic carbocycles. The molecular formula is C21H28N2O3S2. The number of aryl methyl sites for hydroxylation is 1. The first-order valence-electron chi connectivity index (χ1n) is 10.3. The van der Waals surface area contributed by atoms with Gasteiger partial charge in [-0.15, -0.1) is 11.3 Å². The van der Waals surface area contributed by atoms with Crippen molar-refractivity contribution in [2.45, 2.75) is 76.6 Å². The summed E-state index contributed by atoms with van der Waals surface area (Å²) in [6.45, 7) is 5.27. The Kier molecular flexibility index (Phi) is 6.23. The fraction of sp³-hybridized carbons (Fsp3) is 0.667. The van der Waals surface area contributed by atoms with Crippen molar-refractivity contribution in [1.82, 2.24) is 9.55 Å². The second-order valence-corrected chi connectivity index (χ2v) is 10.3. The summed E-state index contributed by atoms with van der Waals surface area (Å²) in [5, 5.41) is 1.63. The topological polar surface area (TPSA) is 61.2 Å². The molecule has 0 saturated carbocycles. The first-order valence-corrected chi connectivity index (χ1v) is 12.1. The van der Waals surface area contributed by atoms with Crippen LogP contribution in [-0.4, -0.2) is 33.8 Å². The zero-order chi connectivity index (χ0) is 19.7. The molecule has 1 aliphatic heterocycles. The van der Waals surface area contributed by atoms with Crippen LogP contribution in [-0.2, 0) is 28.9 Å². The van der Waals surface area contributed by atoms with Gasteiger partial charge in [-0.3, -0.25) is 9.36 Å². The quantitative estimate of drug-likeness (QED) is 0.381. The highest BCUT2D eigenvalue weighted by atomic mass is 32.2. The van der Waals surface area contributed by atoms with Crippen LogP contribution >= 0.6 is 23.1 Å². The molecule has 7 heteroatoms. The van der Waals surface area contributed by atoms with Crippen molar-refractivity contribution >= 4 is 39.1 Å². The van der Waals surface area contributed by atoms with Crippen molar-refractivity contribution in [3.8, 4) is 0 Å². The average molecular weight is 421 g/mol. The Morgan fingerprint density at radius 1 is 1.39 bits per heavy atom. The number of ketones is 1. The molecule has 0 aromatic carbocycles. The molecule has 5 nitrogen and oxygen atoms in total. The predicted molar refractivity (Wildman–Crippen MR) is 115 cm³/mol. The third-order valence-electron chi connectivity index (χ3n) is 5.69. The maximum absolute atomic E-state index is 13.5. The van der Waals surface area contributed by atoms with Crippen LogP contribution in [0.15, 0.2) is 9.95 Å². The molecule has 2 aliphatic rings. The van der Waals surface area contributed by atoms with Gasteiger partial charge >= 0.3 is 0 Å². The van der Waals surface area contributed by atoms with Gasteiger partial charge in [0.1, 0.15) is 10.6 Å². The average Bonchev–Trinajstić information content (AvgIpc) is 3.28. The second-order valence-electron chi connectivity index (χ2n) is 8.13. The molecule has 152 valence electrons. The Balaban J connectivity index is 1.70. The number of fused-ring (bicyclic) bond motifs is 3. The monoisotopic (exact) mass is 420 g/mol. The number of carbonyl (C=O) groups is 1. The van der Waals surface area contributed by atoms with Gasteiger partial charge in [0.2, 0.25) is 0 Å². The number of hydrogen-bond donors (Lipinski definition) is 0. The van der Waals surface area contributed by atoms with E-state index in [1.54, 1.807) is 30.0 Å². The highest BCUT2D eigenvalue weighted by molar-refractivity contribution is 7.99. The largest absolute Gasteiger partial charge is 0.376 e. The Hall–Kier alpha value is -1.18. The van der Waals surface area contributed by atoms with Gasteiger partial charge in [-0.1, -0.05) is 18.7 Å². The number of aromatic nitrogens is 2. The number of Topliss-reactive ketones (excluding diaryl/α,β-unsaturated/α-hetero) is 1. The molecule has 2 atom stereocenters. The summed E-state index contributed by atoms with van der Waals surface area (Å²) in [7, 11) is 0. The molecule has 28 heavy (non-hydrogen) atoms. The lowest BCUT2D eigenvalue weighted by Gasteiger charge is -2.18. The number of nitrogens with zero attached hydrogens (tertiary/aromatic N) is 2. The maximum atomic E-state index is 13.5. The van der Waals surface area contributed by atoms with E-state index in [0.29, 0.717) is 18.9 Å². The SMILES string of the molecule is CC(=O)CCCSc1nc2sc3c(c2c(=O)n1CC1CCCO1)CCC(C)C3. The molecule has 0 spiro atoms. The van der Waals surface area contributed by atoms with Crippen molar-refractivity contribution in [2.75, 3.05) is 12.4 Å². The van der Waals surface area contributed by atoms with E-state index in [-0.39, 0.29) is 17.4 Å². The minimum Gasteiger partial charge on any atom is -0.376 e. The number of thioether (sulfide) groups is 1. The number of hydrogen-bond acceptors (Lipinski definition) is 6. The summed E-state index contributed by atoms with van der Waals surface area (Å²) in [6.07, 6.45) is 6.73. The van der Waals surface area contributed by atoms with Crippen LogP contribution in [0.1, 0.15) is 56.4 Å². The van der Waals surface area contributed by atoms with Gasteiger partial charge in [-0.2, -0.15) is 0 Å². The van der Waals surface area contributed by atoms with E-state index in [4.69, 9.17) is 9.72 Å². The van der Waals surface area contributed by atoms with Gasteiger partial charge in [0.15, 0.2) is 5.16 Å². The minimum absolute atomic E-state index is 0.0987. The van der Waals surface area contributed by atoms with Crippen molar-refractivity contribution in [3.05, 3.63) is 20.8 Å². The van der Waals surface area contributed by atoms with Gasteiger partial charge in [-0.25, -0.2) is 4.98 Å². The fourth-order valence-electron chi connectivity index (χ4n) is 4.15. The summed E-state index contributed by atoms with van der Waals surface area (Å²) in [4.78, 5) is 31.9. The van der Waals surface area contributed by atoms with E-state index < -0.39 is 0 Å². The Bertz CT molecular complexity index is 928. The first kappa shape index (κ1) is 20.1. The van der Waals surface area contributed by atoms with E-state index in [9.17, 15) is 9.59 Å². The van der Waals surface area contributed by atoms with Crippen LogP contribution < -0.4 is 5.56 Å². The van der Waals surface area contributed by atoms with Crippen LogP contribution in [0, 0.1) is 5.92 Å². The molecule has 0 radical (unpaired) electrons. The summed E-state index contributed by atoms with van der Waals surface area (Å²) < 4.78 is 7.65. The van der Waals surface area contributed by atoms with E-state index >= 15 is 0 Å². The Morgan fingerprint density at radius 3 is 3.00 bits per heavy atom. The summed E-state index contributed by atoms with van der Waals surface area (Å²) in [5.74, 6) is 1.68. The normalized spacial score (nSPS) is 21.9. The van der Waals surface area contributed by atoms with Crippen molar-refractivity contribution in [2.24, 2.45) is 5.92 Å². The Morgan fingerprint density at radius 2 is 2.25 bits per heavy atom. The van der Waals surface area contributed by atoms with E-state index in [1.165, 1.54) is 10.4 Å². The van der Waals surface area contributed by atoms with Crippen LogP contribution in [0.4, 0.5) is 0 Å². The van der Waals surface area contributed by atoms with E-state index in [0.717, 1.165) is 66.3 Å². The molecule has 2 aromatic rings. The highest BCUT2D eigenvalue weighted by Crippen LogP contribution is 2.36. The molecule has 2 unspecified atom stereocenters. The number of rotatable bonds is 7. The first-order chi connectivity index (χ1) is 13.5. The fourth-order valence-corrected chi connectivity index (χ4v) is 6.52. The molecule has 2 aromatic heterocycles. The zero-order valence-electron chi connectivity index (χ0n) is 16.7. The van der Waals surface area contributed by atoms with Crippen LogP contribution in [0.5, 0.6) is 0 Å². The molecule has 0 amide bonds. The van der Waals surface area contributed by atoms with Crippen LogP contribution in [0.2, 0.25) is 0 Å². The van der Waals surface area contributed by atoms with Crippen molar-refractivity contribution in [1.29, 1.82) is 0 Å². The lowest BCUT2D eigenvalue weighted by atomic mass is 9.89. The summed E-state index contributed by atoms with van der Waals surface area (Å²) >= 11 is 3.30. The van der Waals surface area contributed by atoms with Crippen molar-refractivity contribution in [3.63, 3.8) is 0 Å². The van der Waals surface area contributed by atoms with Crippen LogP contribution in [0.3, 0.4) is 0 Å². The summed E-state index contributed by atoms with van der Waals surface area (Å²) in [5.41, 5.74) is 1.34. The van der Waals surface area contributed by atoms with E-state index in [1.807, 2.05) is 4.57 Å². The van der Waals surface area contributed by atoms with Gasteiger partial charge in [0.05, 0.1) is 18.0 Å². The number of ether oxygens (including phenoxy) is 1. The van der Waals surface area contributed by atoms with Gasteiger partial charge in [-0.05, 0) is 56.9 Å². The third-order valence-corrected chi connectivity index (χ3v) is 7.91. The molecule has 1 saturated heterocycles. The van der Waals surface area contributed by atoms with Gasteiger partial charge in [0.25, 0.3) is 5.56 Å². The minimum atomic E-state index is 0.0987. The summed E-state index contributed by atoms with van der Waals surface area (Å²) in [6, 6.07) is 0. The highest BCUT2D eigenvalue weighted by Gasteiger charge is 2.26. The molecule has 4 rings (SSSR count). The molecule has 3 heterocycles. The molecule has 0 bridgehead atoms.